The lowest BCUT2D eigenvalue weighted by Gasteiger charge is -2.34. The summed E-state index contributed by atoms with van der Waals surface area (Å²) < 4.78 is 24.0. The summed E-state index contributed by atoms with van der Waals surface area (Å²) in [6.07, 6.45) is -3.11. The van der Waals surface area contributed by atoms with Gasteiger partial charge in [0, 0.05) is 6.42 Å². The molecule has 0 radical (unpaired) electrons. The molecule has 1 aliphatic heterocycles. The Hall–Kier alpha value is -0.970. The van der Waals surface area contributed by atoms with E-state index in [0.29, 0.717) is 6.61 Å². The summed E-state index contributed by atoms with van der Waals surface area (Å²) in [7, 11) is 0. The summed E-state index contributed by atoms with van der Waals surface area (Å²) in [4.78, 5) is 0. The second kappa shape index (κ2) is 5.58. The molecular weight excluding hydrogens is 223 g/mol. The van der Waals surface area contributed by atoms with Gasteiger partial charge >= 0.3 is 0 Å². The van der Waals surface area contributed by atoms with Gasteiger partial charge in [-0.3, -0.25) is 0 Å². The highest BCUT2D eigenvalue weighted by atomic mass is 19.1. The molecule has 1 saturated heterocycles. The fourth-order valence-electron chi connectivity index (χ4n) is 1.85. The Morgan fingerprint density at radius 1 is 1.41 bits per heavy atom. The molecule has 0 aromatic heterocycles. The molecule has 0 spiro atoms. The summed E-state index contributed by atoms with van der Waals surface area (Å²) in [5.74, 6) is 0. The van der Waals surface area contributed by atoms with Crippen molar-refractivity contribution in [3.8, 4) is 0 Å². The molecule has 4 atom stereocenters. The van der Waals surface area contributed by atoms with Crippen molar-refractivity contribution in [2.45, 2.75) is 44.6 Å². The number of halogens is 1. The minimum atomic E-state index is -1.08. The van der Waals surface area contributed by atoms with E-state index >= 15 is 0 Å². The summed E-state index contributed by atoms with van der Waals surface area (Å²) in [5.41, 5.74) is 0.994. The molecule has 1 N–H and O–H groups in total. The van der Waals surface area contributed by atoms with E-state index in [1.807, 2.05) is 30.3 Å². The van der Waals surface area contributed by atoms with Crippen LogP contribution in [0.15, 0.2) is 30.3 Å². The Kier molecular flexibility index (Phi) is 4.10. The van der Waals surface area contributed by atoms with Crippen molar-refractivity contribution in [3.05, 3.63) is 35.9 Å². The van der Waals surface area contributed by atoms with Crippen molar-refractivity contribution in [1.29, 1.82) is 0 Å². The fraction of sp³-hybridized carbons (Fsp3) is 0.538. The van der Waals surface area contributed by atoms with Crippen LogP contribution in [0.3, 0.4) is 0 Å². The quantitative estimate of drug-likeness (QED) is 0.878. The topological polar surface area (TPSA) is 38.7 Å². The third kappa shape index (κ3) is 3.25. The van der Waals surface area contributed by atoms with Crippen molar-refractivity contribution < 1.29 is 19.0 Å². The van der Waals surface area contributed by atoms with Crippen LogP contribution in [-0.2, 0) is 16.1 Å². The minimum absolute atomic E-state index is 0.176. The fourth-order valence-corrected chi connectivity index (χ4v) is 1.85. The maximum absolute atomic E-state index is 13.4. The number of benzene rings is 1. The molecule has 1 aliphatic rings. The molecule has 1 aromatic rings. The molecule has 0 amide bonds. The van der Waals surface area contributed by atoms with Gasteiger partial charge in [-0.05, 0) is 12.5 Å². The predicted molar refractivity (Wildman–Crippen MR) is 61.1 cm³/mol. The van der Waals surface area contributed by atoms with Crippen LogP contribution >= 0.6 is 0 Å². The van der Waals surface area contributed by atoms with Crippen molar-refractivity contribution >= 4 is 0 Å². The van der Waals surface area contributed by atoms with E-state index in [9.17, 15) is 9.50 Å². The van der Waals surface area contributed by atoms with Crippen LogP contribution in [0.4, 0.5) is 4.39 Å². The average Bonchev–Trinajstić information content (AvgIpc) is 2.33. The molecule has 0 bridgehead atoms. The van der Waals surface area contributed by atoms with Gasteiger partial charge in [0.25, 0.3) is 0 Å². The average molecular weight is 240 g/mol. The van der Waals surface area contributed by atoms with Gasteiger partial charge < -0.3 is 14.6 Å². The number of hydrogen-bond acceptors (Lipinski definition) is 3. The van der Waals surface area contributed by atoms with E-state index in [1.165, 1.54) is 0 Å². The number of ether oxygens (including phenoxy) is 2. The lowest BCUT2D eigenvalue weighted by molar-refractivity contribution is -0.244. The van der Waals surface area contributed by atoms with Crippen LogP contribution in [0.2, 0.25) is 0 Å². The second-order valence-electron chi connectivity index (χ2n) is 4.32. The van der Waals surface area contributed by atoms with E-state index in [2.05, 4.69) is 0 Å². The normalized spacial score (nSPS) is 33.6. The molecule has 4 heteroatoms. The molecule has 94 valence electrons. The summed E-state index contributed by atoms with van der Waals surface area (Å²) >= 11 is 0. The van der Waals surface area contributed by atoms with E-state index in [4.69, 9.17) is 9.47 Å². The van der Waals surface area contributed by atoms with Crippen LogP contribution < -0.4 is 0 Å². The second-order valence-corrected chi connectivity index (χ2v) is 4.32. The predicted octanol–water partition coefficient (Wildman–Crippen LogP) is 2.04. The number of alkyl halides is 1. The highest BCUT2D eigenvalue weighted by Gasteiger charge is 2.35. The first-order chi connectivity index (χ1) is 8.16. The van der Waals surface area contributed by atoms with Gasteiger partial charge in [0.1, 0.15) is 12.3 Å². The lowest BCUT2D eigenvalue weighted by Crippen LogP contribution is -2.45. The van der Waals surface area contributed by atoms with E-state index < -0.39 is 24.7 Å². The van der Waals surface area contributed by atoms with Crippen LogP contribution in [0, 0.1) is 0 Å². The first-order valence-corrected chi connectivity index (χ1v) is 5.80. The zero-order valence-corrected chi connectivity index (χ0v) is 9.75. The van der Waals surface area contributed by atoms with Gasteiger partial charge in [-0.15, -0.1) is 0 Å². The minimum Gasteiger partial charge on any atom is -0.368 e. The summed E-state index contributed by atoms with van der Waals surface area (Å²) in [6, 6.07) is 9.58. The molecular formula is C13H17FO3. The number of aliphatic hydroxyl groups excluding tert-OH is 1. The van der Waals surface area contributed by atoms with Gasteiger partial charge in [0.2, 0.25) is 0 Å². The highest BCUT2D eigenvalue weighted by molar-refractivity contribution is 5.13. The van der Waals surface area contributed by atoms with E-state index in [1.54, 1.807) is 6.92 Å². The molecule has 1 fully saturated rings. The molecule has 3 nitrogen and oxygen atoms in total. The van der Waals surface area contributed by atoms with Crippen molar-refractivity contribution in [2.75, 3.05) is 0 Å². The lowest BCUT2D eigenvalue weighted by atomic mass is 10.0. The third-order valence-corrected chi connectivity index (χ3v) is 2.95. The molecule has 1 aromatic carbocycles. The van der Waals surface area contributed by atoms with Crippen molar-refractivity contribution in [3.63, 3.8) is 0 Å². The van der Waals surface area contributed by atoms with Crippen molar-refractivity contribution in [2.24, 2.45) is 0 Å². The zero-order chi connectivity index (χ0) is 12.3. The number of hydrogen-bond donors (Lipinski definition) is 1. The van der Waals surface area contributed by atoms with Gasteiger partial charge in [-0.25, -0.2) is 4.39 Å². The van der Waals surface area contributed by atoms with Crippen LogP contribution in [-0.4, -0.2) is 29.8 Å². The molecule has 0 aliphatic carbocycles. The molecule has 1 heterocycles. The van der Waals surface area contributed by atoms with Gasteiger partial charge in [0.05, 0.1) is 12.7 Å². The Labute approximate surface area is 100 Å². The summed E-state index contributed by atoms with van der Waals surface area (Å²) in [6.45, 7) is 1.97. The first-order valence-electron chi connectivity index (χ1n) is 5.80. The number of aliphatic hydroxyl groups is 1. The van der Waals surface area contributed by atoms with Crippen LogP contribution in [0.5, 0.6) is 0 Å². The van der Waals surface area contributed by atoms with Crippen molar-refractivity contribution in [1.82, 2.24) is 0 Å². The smallest absolute Gasteiger partial charge is 0.181 e. The molecule has 2 rings (SSSR count). The number of rotatable bonds is 3. The summed E-state index contributed by atoms with van der Waals surface area (Å²) in [5, 5.41) is 9.62. The highest BCUT2D eigenvalue weighted by Crippen LogP contribution is 2.24. The first kappa shape index (κ1) is 12.5. The Morgan fingerprint density at radius 2 is 2.12 bits per heavy atom. The zero-order valence-electron chi connectivity index (χ0n) is 9.75. The Balaban J connectivity index is 1.87. The molecule has 0 unspecified atom stereocenters. The van der Waals surface area contributed by atoms with E-state index in [0.717, 1.165) is 5.56 Å². The largest absolute Gasteiger partial charge is 0.368 e. The Bertz CT molecular complexity index is 344. The molecule has 0 saturated carbocycles. The Morgan fingerprint density at radius 3 is 2.82 bits per heavy atom. The molecule has 17 heavy (non-hydrogen) atoms. The van der Waals surface area contributed by atoms with Gasteiger partial charge in [0.15, 0.2) is 6.29 Å². The third-order valence-electron chi connectivity index (χ3n) is 2.95. The monoisotopic (exact) mass is 240 g/mol. The SMILES string of the molecule is C[C@H]1O[C@H](O)[C@@H](OCc2ccccc2)C[C@H]1F. The van der Waals surface area contributed by atoms with Gasteiger partial charge in [-0.2, -0.15) is 0 Å². The maximum Gasteiger partial charge on any atom is 0.181 e. The maximum atomic E-state index is 13.4. The standard InChI is InChI=1S/C13H17FO3/c1-9-11(14)7-12(13(15)17-9)16-8-10-5-3-2-4-6-10/h2-6,9,11-13,15H,7-8H2,1H3/t9-,11-,12+,13+/m1/s1. The van der Waals surface area contributed by atoms with Gasteiger partial charge in [-0.1, -0.05) is 30.3 Å². The van der Waals surface area contributed by atoms with Crippen LogP contribution in [0.1, 0.15) is 18.9 Å². The van der Waals surface area contributed by atoms with Crippen LogP contribution in [0.25, 0.3) is 0 Å². The van der Waals surface area contributed by atoms with E-state index in [-0.39, 0.29) is 6.42 Å².